The molecule has 3 aromatic rings. The fourth-order valence-electron chi connectivity index (χ4n) is 2.73. The lowest BCUT2D eigenvalue weighted by Crippen LogP contribution is -2.21. The summed E-state index contributed by atoms with van der Waals surface area (Å²) in [6.07, 6.45) is 1.47. The number of fused-ring (bicyclic) bond motifs is 1. The smallest absolute Gasteiger partial charge is 0.337 e. The Labute approximate surface area is 144 Å². The number of aromatic carboxylic acids is 1. The van der Waals surface area contributed by atoms with Gasteiger partial charge in [0.2, 0.25) is 0 Å². The second-order valence-electron chi connectivity index (χ2n) is 6.50. The van der Waals surface area contributed by atoms with Gasteiger partial charge in [-0.3, -0.25) is 0 Å². The lowest BCUT2D eigenvalue weighted by atomic mass is 9.85. The highest BCUT2D eigenvalue weighted by atomic mass is 35.5. The molecule has 0 bridgehead atoms. The molecule has 1 aromatic heterocycles. The number of carboxylic acids is 1. The lowest BCUT2D eigenvalue weighted by Gasteiger charge is -2.22. The summed E-state index contributed by atoms with van der Waals surface area (Å²) in [5, 5.41) is 19.9. The number of aromatic amines is 1. The summed E-state index contributed by atoms with van der Waals surface area (Å²) in [4.78, 5) is 14.3. The van der Waals surface area contributed by atoms with Gasteiger partial charge >= 0.3 is 5.97 Å². The van der Waals surface area contributed by atoms with E-state index in [1.165, 1.54) is 6.20 Å². The quantitative estimate of drug-likeness (QED) is 0.655. The number of aliphatic hydroxyl groups excluding tert-OH is 1. The Morgan fingerprint density at radius 3 is 2.46 bits per heavy atom. The number of carboxylic acid groups (broad SMARTS) is 1. The predicted octanol–water partition coefficient (Wildman–Crippen LogP) is 4.46. The van der Waals surface area contributed by atoms with E-state index in [1.807, 2.05) is 38.1 Å². The molecule has 0 fully saturated rings. The minimum atomic E-state index is -0.977. The number of aliphatic hydroxyl groups is 1. The molecule has 3 N–H and O–H groups in total. The number of rotatable bonds is 4. The Balaban J connectivity index is 2.10. The first-order chi connectivity index (χ1) is 11.3. The Kier molecular flexibility index (Phi) is 4.11. The average molecular weight is 344 g/mol. The first-order valence-electron chi connectivity index (χ1n) is 7.59. The molecule has 124 valence electrons. The number of benzene rings is 2. The second kappa shape index (κ2) is 5.96. The number of carbonyl (C=O) groups is 1. The van der Waals surface area contributed by atoms with Crippen LogP contribution in [-0.2, 0) is 5.41 Å². The van der Waals surface area contributed by atoms with Crippen molar-refractivity contribution in [3.05, 3.63) is 58.7 Å². The normalized spacial score (nSPS) is 11.8. The van der Waals surface area contributed by atoms with E-state index in [9.17, 15) is 15.0 Å². The van der Waals surface area contributed by atoms with Gasteiger partial charge in [-0.05, 0) is 23.3 Å². The van der Waals surface area contributed by atoms with Crippen molar-refractivity contribution in [3.8, 4) is 11.1 Å². The molecule has 4 nitrogen and oxygen atoms in total. The maximum atomic E-state index is 11.3. The maximum absolute atomic E-state index is 11.3. The molecule has 5 heteroatoms. The van der Waals surface area contributed by atoms with Gasteiger partial charge in [-0.1, -0.05) is 49.7 Å². The molecule has 0 saturated carbocycles. The summed E-state index contributed by atoms with van der Waals surface area (Å²) in [5.74, 6) is -0.977. The van der Waals surface area contributed by atoms with Crippen LogP contribution in [0, 0.1) is 0 Å². The van der Waals surface area contributed by atoms with Crippen molar-refractivity contribution in [1.29, 1.82) is 0 Å². The number of nitrogens with one attached hydrogen (secondary N) is 1. The molecule has 0 unspecified atom stereocenters. The third-order valence-corrected chi connectivity index (χ3v) is 4.69. The SMILES string of the molecule is CC(C)(CO)c1ccc(-c2cc3c(C(=O)O)c[nH]c3cc2Cl)cc1. The highest BCUT2D eigenvalue weighted by molar-refractivity contribution is 6.34. The molecular formula is C19H18ClNO3. The molecule has 0 aliphatic heterocycles. The van der Waals surface area contributed by atoms with Gasteiger partial charge in [0.05, 0.1) is 17.2 Å². The summed E-state index contributed by atoms with van der Waals surface area (Å²) in [7, 11) is 0. The standard InChI is InChI=1S/C19H18ClNO3/c1-19(2,10-22)12-5-3-11(4-6-12)13-7-14-15(18(23)24)9-21-17(14)8-16(13)20/h3-9,21-22H,10H2,1-2H3,(H,23,24). The third-order valence-electron chi connectivity index (χ3n) is 4.37. The van der Waals surface area contributed by atoms with Gasteiger partial charge in [0, 0.05) is 28.1 Å². The van der Waals surface area contributed by atoms with E-state index < -0.39 is 5.97 Å². The zero-order chi connectivity index (χ0) is 17.5. The number of aromatic nitrogens is 1. The Bertz CT molecular complexity index is 910. The van der Waals surface area contributed by atoms with Crippen LogP contribution < -0.4 is 0 Å². The van der Waals surface area contributed by atoms with Crippen LogP contribution in [0.5, 0.6) is 0 Å². The van der Waals surface area contributed by atoms with Gasteiger partial charge in [0.1, 0.15) is 0 Å². The van der Waals surface area contributed by atoms with Crippen molar-refractivity contribution in [2.24, 2.45) is 0 Å². The van der Waals surface area contributed by atoms with Gasteiger partial charge in [0.25, 0.3) is 0 Å². The molecule has 0 radical (unpaired) electrons. The number of halogens is 1. The molecule has 0 spiro atoms. The van der Waals surface area contributed by atoms with Crippen LogP contribution in [0.15, 0.2) is 42.6 Å². The van der Waals surface area contributed by atoms with E-state index in [-0.39, 0.29) is 17.6 Å². The highest BCUT2D eigenvalue weighted by Crippen LogP contribution is 2.34. The predicted molar refractivity (Wildman–Crippen MR) is 95.8 cm³/mol. The Morgan fingerprint density at radius 2 is 1.88 bits per heavy atom. The number of H-pyrrole nitrogens is 1. The largest absolute Gasteiger partial charge is 0.478 e. The summed E-state index contributed by atoms with van der Waals surface area (Å²) in [6.45, 7) is 4.00. The average Bonchev–Trinajstić information content (AvgIpc) is 2.97. The molecule has 0 amide bonds. The van der Waals surface area contributed by atoms with Crippen LogP contribution in [0.2, 0.25) is 5.02 Å². The van der Waals surface area contributed by atoms with Crippen LogP contribution in [0.25, 0.3) is 22.0 Å². The van der Waals surface area contributed by atoms with Gasteiger partial charge in [-0.15, -0.1) is 0 Å². The van der Waals surface area contributed by atoms with Crippen molar-refractivity contribution >= 4 is 28.5 Å². The van der Waals surface area contributed by atoms with Crippen LogP contribution in [0.3, 0.4) is 0 Å². The summed E-state index contributed by atoms with van der Waals surface area (Å²) >= 11 is 6.38. The van der Waals surface area contributed by atoms with Gasteiger partial charge < -0.3 is 15.2 Å². The van der Waals surface area contributed by atoms with Gasteiger partial charge in [-0.25, -0.2) is 4.79 Å². The number of hydrogen-bond donors (Lipinski definition) is 3. The van der Waals surface area contributed by atoms with Crippen molar-refractivity contribution in [2.45, 2.75) is 19.3 Å². The summed E-state index contributed by atoms with van der Waals surface area (Å²) in [5.41, 5.74) is 3.30. The van der Waals surface area contributed by atoms with Crippen molar-refractivity contribution < 1.29 is 15.0 Å². The van der Waals surface area contributed by atoms with Gasteiger partial charge in [0.15, 0.2) is 0 Å². The van der Waals surface area contributed by atoms with Crippen LogP contribution in [-0.4, -0.2) is 27.8 Å². The van der Waals surface area contributed by atoms with E-state index in [4.69, 9.17) is 11.6 Å². The highest BCUT2D eigenvalue weighted by Gasteiger charge is 2.19. The van der Waals surface area contributed by atoms with E-state index in [0.29, 0.717) is 15.9 Å². The Morgan fingerprint density at radius 1 is 1.21 bits per heavy atom. The number of hydrogen-bond acceptors (Lipinski definition) is 2. The van der Waals surface area contributed by atoms with Crippen molar-refractivity contribution in [1.82, 2.24) is 4.98 Å². The fourth-order valence-corrected chi connectivity index (χ4v) is 3.01. The molecule has 0 atom stereocenters. The fraction of sp³-hybridized carbons (Fsp3) is 0.211. The molecule has 0 saturated heterocycles. The molecule has 3 rings (SSSR count). The third kappa shape index (κ3) is 2.79. The van der Waals surface area contributed by atoms with Crippen LogP contribution in [0.4, 0.5) is 0 Å². The minimum absolute atomic E-state index is 0.0599. The van der Waals surface area contributed by atoms with Gasteiger partial charge in [-0.2, -0.15) is 0 Å². The minimum Gasteiger partial charge on any atom is -0.478 e. The maximum Gasteiger partial charge on any atom is 0.337 e. The topological polar surface area (TPSA) is 73.3 Å². The first kappa shape index (κ1) is 16.6. The molecule has 24 heavy (non-hydrogen) atoms. The molecule has 0 aliphatic rings. The molecule has 1 heterocycles. The van der Waals surface area contributed by atoms with Crippen LogP contribution >= 0.6 is 11.6 Å². The van der Waals surface area contributed by atoms with Crippen molar-refractivity contribution in [3.63, 3.8) is 0 Å². The summed E-state index contributed by atoms with van der Waals surface area (Å²) < 4.78 is 0. The van der Waals surface area contributed by atoms with E-state index in [2.05, 4.69) is 4.98 Å². The molecule has 0 aliphatic carbocycles. The molecular weight excluding hydrogens is 326 g/mol. The van der Waals surface area contributed by atoms with E-state index in [0.717, 1.165) is 16.7 Å². The molecule has 2 aromatic carbocycles. The van der Waals surface area contributed by atoms with Crippen LogP contribution in [0.1, 0.15) is 29.8 Å². The van der Waals surface area contributed by atoms with E-state index in [1.54, 1.807) is 12.1 Å². The first-order valence-corrected chi connectivity index (χ1v) is 7.97. The monoisotopic (exact) mass is 343 g/mol. The Hall–Kier alpha value is -2.30. The van der Waals surface area contributed by atoms with E-state index >= 15 is 0 Å². The lowest BCUT2D eigenvalue weighted by molar-refractivity contribution is 0.0699. The van der Waals surface area contributed by atoms with Crippen molar-refractivity contribution in [2.75, 3.05) is 6.61 Å². The zero-order valence-corrected chi connectivity index (χ0v) is 14.2. The second-order valence-corrected chi connectivity index (χ2v) is 6.91. The zero-order valence-electron chi connectivity index (χ0n) is 13.4. The summed E-state index contributed by atoms with van der Waals surface area (Å²) in [6, 6.07) is 11.3.